The Morgan fingerprint density at radius 2 is 0.808 bits per heavy atom. The average Bonchev–Trinajstić information content (AvgIpc) is 3.28. The van der Waals surface area contributed by atoms with Crippen LogP contribution in [0.1, 0.15) is 224 Å². The van der Waals surface area contributed by atoms with Crippen LogP contribution in [0.5, 0.6) is 11.5 Å². The number of phenols is 2. The molecule has 0 spiro atoms. The van der Waals surface area contributed by atoms with Gasteiger partial charge in [-0.05, 0) is 133 Å². The van der Waals surface area contributed by atoms with E-state index in [4.69, 9.17) is 9.47 Å². The molecule has 2 aliphatic rings. The van der Waals surface area contributed by atoms with Crippen LogP contribution in [0.4, 0.5) is 0 Å². The summed E-state index contributed by atoms with van der Waals surface area (Å²) >= 11 is 0. The van der Waals surface area contributed by atoms with E-state index in [-0.39, 0.29) is 48.0 Å². The highest BCUT2D eigenvalue weighted by atomic mass is 16.6. The fourth-order valence-electron chi connectivity index (χ4n) is 12.4. The maximum absolute atomic E-state index is 16.5. The van der Waals surface area contributed by atoms with E-state index in [1.54, 1.807) is 0 Å². The van der Waals surface area contributed by atoms with Crippen molar-refractivity contribution in [2.75, 3.05) is 0 Å². The second-order valence-electron chi connectivity index (χ2n) is 27.3. The topological polar surface area (TPSA) is 134 Å². The highest BCUT2D eigenvalue weighted by Crippen LogP contribution is 2.51. The van der Waals surface area contributed by atoms with Crippen molar-refractivity contribution in [3.8, 4) is 11.5 Å². The van der Waals surface area contributed by atoms with Gasteiger partial charge in [0.05, 0.1) is 0 Å². The van der Waals surface area contributed by atoms with Crippen LogP contribution in [0.2, 0.25) is 0 Å². The van der Waals surface area contributed by atoms with E-state index in [0.29, 0.717) is 71.9 Å². The minimum absolute atomic E-state index is 0.149. The van der Waals surface area contributed by atoms with Crippen molar-refractivity contribution in [1.29, 1.82) is 0 Å². The number of benzene rings is 2. The second-order valence-corrected chi connectivity index (χ2v) is 27.3. The molecule has 4 rings (SSSR count). The molecular formula is C63H98N2O8. The van der Waals surface area contributed by atoms with Gasteiger partial charge in [0.1, 0.15) is 23.7 Å². The molecule has 8 atom stereocenters. The first-order valence-corrected chi connectivity index (χ1v) is 27.3. The largest absolute Gasteiger partial charge is 0.507 e. The molecule has 73 heavy (non-hydrogen) atoms. The molecule has 8 unspecified atom stereocenters. The van der Waals surface area contributed by atoms with Gasteiger partial charge < -0.3 is 29.5 Å². The quantitative estimate of drug-likeness (QED) is 0.109. The summed E-state index contributed by atoms with van der Waals surface area (Å²) in [5, 5.41) is 24.1. The van der Waals surface area contributed by atoms with E-state index in [2.05, 4.69) is 13.2 Å². The van der Waals surface area contributed by atoms with Crippen molar-refractivity contribution in [3.05, 3.63) is 83.0 Å². The lowest BCUT2D eigenvalue weighted by Gasteiger charge is -2.60. The third-order valence-corrected chi connectivity index (χ3v) is 18.1. The molecule has 0 bridgehead atoms. The van der Waals surface area contributed by atoms with Gasteiger partial charge in [-0.3, -0.25) is 19.2 Å². The van der Waals surface area contributed by atoms with E-state index in [0.717, 1.165) is 0 Å². The summed E-state index contributed by atoms with van der Waals surface area (Å²) in [6.07, 6.45) is 3.88. The SMILES string of the molecule is C=CC(=O)N1C(C)(CC)CC(OC(=O)C(Cc2cc(C(C)(C)C)c(O)c(C(C)(C)C)c2)(Cc2cc(C(C)(C)C)c(O)c(C(C)(C)C)c2)C(=O)OC2CC(C)(CC)N(C(=O)C=C)C(C)(CC)C2C)C(C)C1(C)CC. The lowest BCUT2D eigenvalue weighted by molar-refractivity contribution is -0.200. The molecule has 10 heteroatoms. The first-order chi connectivity index (χ1) is 33.2. The van der Waals surface area contributed by atoms with Crippen LogP contribution in [-0.4, -0.2) is 78.1 Å². The molecule has 0 radical (unpaired) electrons. The Bertz CT molecular complexity index is 2190. The van der Waals surface area contributed by atoms with Crippen LogP contribution in [0.15, 0.2) is 49.6 Å². The number of carbonyl (C=O) groups excluding carboxylic acids is 4. The van der Waals surface area contributed by atoms with Gasteiger partial charge in [0.2, 0.25) is 11.8 Å². The minimum Gasteiger partial charge on any atom is -0.507 e. The maximum Gasteiger partial charge on any atom is 0.324 e. The molecule has 2 aromatic rings. The summed E-state index contributed by atoms with van der Waals surface area (Å²) in [6.45, 7) is 52.5. The number of likely N-dealkylation sites (tertiary alicyclic amines) is 2. The van der Waals surface area contributed by atoms with Crippen LogP contribution in [0.25, 0.3) is 0 Å². The number of carbonyl (C=O) groups is 4. The predicted octanol–water partition coefficient (Wildman–Crippen LogP) is 13.7. The summed E-state index contributed by atoms with van der Waals surface area (Å²) < 4.78 is 14.1. The molecule has 408 valence electrons. The van der Waals surface area contributed by atoms with E-state index in [1.165, 1.54) is 12.2 Å². The standard InChI is InChI=1S/C63H98N2O8/c1-25-49(66)64-59(21,27-3)37-47(39(7)61(64,23)29-5)72-53(70)63(35-41-31-43(55(9,10)11)51(68)44(32-41)56(12,13)14,36-42-33-45(57(15,16)17)52(69)46(34-42)58(18,19)20)54(71)73-48-38-60(22,28-4)65(50(67)26-2)62(24,30-6)40(48)8/h25-26,31-34,39-40,47-48,68-69H,1-2,27-30,35-38H2,3-24H3. The number of hydrogen-bond donors (Lipinski definition) is 2. The molecule has 2 amide bonds. The third-order valence-electron chi connectivity index (χ3n) is 18.1. The molecule has 2 saturated heterocycles. The van der Waals surface area contributed by atoms with Gasteiger partial charge in [-0.1, -0.05) is 162 Å². The van der Waals surface area contributed by atoms with Crippen molar-refractivity contribution >= 4 is 23.8 Å². The number of hydrogen-bond acceptors (Lipinski definition) is 8. The van der Waals surface area contributed by atoms with Gasteiger partial charge in [0, 0.05) is 46.8 Å². The van der Waals surface area contributed by atoms with Gasteiger partial charge >= 0.3 is 11.9 Å². The molecule has 2 heterocycles. The molecule has 2 N–H and O–H groups in total. The summed E-state index contributed by atoms with van der Waals surface area (Å²) in [7, 11) is 0. The van der Waals surface area contributed by atoms with E-state index in [1.807, 2.05) is 186 Å². The third kappa shape index (κ3) is 11.3. The number of aromatic hydroxyl groups is 2. The van der Waals surface area contributed by atoms with Gasteiger partial charge in [-0.2, -0.15) is 0 Å². The Labute approximate surface area is 442 Å². The number of esters is 2. The fraction of sp³-hybridized carbons (Fsp3) is 0.683. The Morgan fingerprint density at radius 1 is 0.548 bits per heavy atom. The van der Waals surface area contributed by atoms with Gasteiger partial charge in [-0.25, -0.2) is 0 Å². The Hall–Kier alpha value is -4.60. The van der Waals surface area contributed by atoms with E-state index in [9.17, 15) is 19.8 Å². The van der Waals surface area contributed by atoms with Crippen molar-refractivity contribution in [2.24, 2.45) is 17.3 Å². The number of amides is 2. The number of nitrogens with zero attached hydrogens (tertiary/aromatic N) is 2. The molecule has 2 aromatic carbocycles. The highest BCUT2D eigenvalue weighted by molar-refractivity contribution is 6.01. The molecule has 0 aromatic heterocycles. The predicted molar refractivity (Wildman–Crippen MR) is 297 cm³/mol. The smallest absolute Gasteiger partial charge is 0.324 e. The maximum atomic E-state index is 16.5. The molecule has 0 saturated carbocycles. The van der Waals surface area contributed by atoms with Crippen LogP contribution in [-0.2, 0) is 63.2 Å². The molecule has 2 aliphatic heterocycles. The Balaban J connectivity index is 2.22. The first-order valence-electron chi connectivity index (χ1n) is 27.3. The molecule has 0 aliphatic carbocycles. The summed E-state index contributed by atoms with van der Waals surface area (Å²) in [5.41, 5.74) is -3.18. The van der Waals surface area contributed by atoms with Crippen LogP contribution in [0.3, 0.4) is 0 Å². The summed E-state index contributed by atoms with van der Waals surface area (Å²) in [4.78, 5) is 64.7. The van der Waals surface area contributed by atoms with Crippen molar-refractivity contribution in [3.63, 3.8) is 0 Å². The lowest BCUT2D eigenvalue weighted by atomic mass is 9.67. The monoisotopic (exact) mass is 1010 g/mol. The molecule has 2 fully saturated rings. The number of piperidine rings is 2. The van der Waals surface area contributed by atoms with Crippen LogP contribution in [0, 0.1) is 17.3 Å². The van der Waals surface area contributed by atoms with E-state index >= 15 is 9.59 Å². The highest BCUT2D eigenvalue weighted by Gasteiger charge is 2.60. The van der Waals surface area contributed by atoms with Crippen LogP contribution < -0.4 is 0 Å². The lowest BCUT2D eigenvalue weighted by Crippen LogP contribution is -2.70. The van der Waals surface area contributed by atoms with Crippen molar-refractivity contribution in [2.45, 2.75) is 260 Å². The van der Waals surface area contributed by atoms with Gasteiger partial charge in [0.25, 0.3) is 0 Å². The number of rotatable bonds is 14. The zero-order valence-electron chi connectivity index (χ0n) is 49.6. The van der Waals surface area contributed by atoms with Crippen LogP contribution >= 0.6 is 0 Å². The Kier molecular flexibility index (Phi) is 17.4. The van der Waals surface area contributed by atoms with Gasteiger partial charge in [0.15, 0.2) is 5.41 Å². The van der Waals surface area contributed by atoms with Gasteiger partial charge in [-0.15, -0.1) is 0 Å². The summed E-state index contributed by atoms with van der Waals surface area (Å²) in [5.74, 6) is -2.28. The molecular weight excluding hydrogens is 913 g/mol. The second kappa shape index (κ2) is 20.8. The average molecular weight is 1010 g/mol. The first kappa shape index (κ1) is 61.0. The number of ether oxygens (including phenoxy) is 2. The molecule has 10 nitrogen and oxygen atoms in total. The fourth-order valence-corrected chi connectivity index (χ4v) is 12.4. The van der Waals surface area contributed by atoms with Crippen molar-refractivity contribution in [1.82, 2.24) is 9.80 Å². The normalized spacial score (nSPS) is 27.3. The van der Waals surface area contributed by atoms with Crippen molar-refractivity contribution < 1.29 is 38.9 Å². The number of phenolic OH excluding ortho intramolecular Hbond substituents is 2. The summed E-state index contributed by atoms with van der Waals surface area (Å²) in [6, 6.07) is 7.69. The Morgan fingerprint density at radius 3 is 1.01 bits per heavy atom. The minimum atomic E-state index is -2.05. The van der Waals surface area contributed by atoms with E-state index < -0.39 is 73.4 Å². The zero-order valence-corrected chi connectivity index (χ0v) is 49.6. The zero-order chi connectivity index (χ0) is 56.2.